The van der Waals surface area contributed by atoms with Crippen molar-refractivity contribution < 1.29 is 0 Å². The fourth-order valence-electron chi connectivity index (χ4n) is 2.16. The number of pyridine rings is 1. The van der Waals surface area contributed by atoms with Crippen molar-refractivity contribution in [1.29, 1.82) is 0 Å². The first-order valence-corrected chi connectivity index (χ1v) is 7.18. The molecular weight excluding hydrogens is 269 g/mol. The summed E-state index contributed by atoms with van der Waals surface area (Å²) in [6.45, 7) is 6.62. The van der Waals surface area contributed by atoms with Gasteiger partial charge < -0.3 is 10.2 Å². The molecule has 0 bridgehead atoms. The minimum Gasteiger partial charge on any atom is -0.368 e. The maximum absolute atomic E-state index is 6.05. The Balaban J connectivity index is 1.75. The fourth-order valence-corrected chi connectivity index (χ4v) is 2.61. The summed E-state index contributed by atoms with van der Waals surface area (Å²) in [4.78, 5) is 6.66. The summed E-state index contributed by atoms with van der Waals surface area (Å²) in [6, 6.07) is 1.71. The normalized spacial score (nSPS) is 17.9. The molecule has 1 saturated heterocycles. The fraction of sp³-hybridized carbons (Fsp3) is 0.615. The zero-order valence-electron chi connectivity index (χ0n) is 10.6. The minimum absolute atomic E-state index is 0.565. The molecule has 1 aromatic rings. The first-order chi connectivity index (χ1) is 8.65. The first-order valence-electron chi connectivity index (χ1n) is 6.42. The molecule has 0 aromatic carbocycles. The summed E-state index contributed by atoms with van der Waals surface area (Å²) in [6.07, 6.45) is 4.22. The van der Waals surface area contributed by atoms with Crippen LogP contribution in [0.25, 0.3) is 0 Å². The summed E-state index contributed by atoms with van der Waals surface area (Å²) in [5, 5.41) is 4.40. The molecule has 2 heterocycles. The monoisotopic (exact) mass is 287 g/mol. The van der Waals surface area contributed by atoms with Crippen molar-refractivity contribution in [1.82, 2.24) is 9.88 Å². The molecule has 0 unspecified atom stereocenters. The van der Waals surface area contributed by atoms with Crippen LogP contribution in [-0.2, 0) is 0 Å². The highest BCUT2D eigenvalue weighted by atomic mass is 35.5. The molecule has 0 radical (unpaired) electrons. The molecule has 1 aromatic heterocycles. The Labute approximate surface area is 118 Å². The Morgan fingerprint density at radius 2 is 2.11 bits per heavy atom. The van der Waals surface area contributed by atoms with Crippen LogP contribution in [0.1, 0.15) is 19.8 Å². The van der Waals surface area contributed by atoms with Crippen molar-refractivity contribution in [3.63, 3.8) is 0 Å². The van der Waals surface area contributed by atoms with Gasteiger partial charge in [0.25, 0.3) is 0 Å². The van der Waals surface area contributed by atoms with Crippen LogP contribution in [0.2, 0.25) is 10.0 Å². The SMILES string of the molecule is CC1CCN(CCNc2ncc(Cl)cc2Cl)CC1. The van der Waals surface area contributed by atoms with Crippen LogP contribution in [-0.4, -0.2) is 36.1 Å². The van der Waals surface area contributed by atoms with Crippen LogP contribution in [0.4, 0.5) is 5.82 Å². The maximum Gasteiger partial charge on any atom is 0.144 e. The number of nitrogens with one attached hydrogen (secondary N) is 1. The summed E-state index contributed by atoms with van der Waals surface area (Å²) in [7, 11) is 0. The third kappa shape index (κ3) is 4.01. The Hall–Kier alpha value is -0.510. The molecule has 3 nitrogen and oxygen atoms in total. The molecule has 1 aliphatic rings. The molecule has 2 rings (SSSR count). The number of aromatic nitrogens is 1. The van der Waals surface area contributed by atoms with Crippen LogP contribution < -0.4 is 5.32 Å². The van der Waals surface area contributed by atoms with Gasteiger partial charge in [-0.15, -0.1) is 0 Å². The highest BCUT2D eigenvalue weighted by molar-refractivity contribution is 6.35. The van der Waals surface area contributed by atoms with E-state index in [1.54, 1.807) is 12.3 Å². The van der Waals surface area contributed by atoms with Crippen molar-refractivity contribution in [3.05, 3.63) is 22.3 Å². The summed E-state index contributed by atoms with van der Waals surface area (Å²) in [5.41, 5.74) is 0. The van der Waals surface area contributed by atoms with E-state index in [9.17, 15) is 0 Å². The van der Waals surface area contributed by atoms with Crippen LogP contribution in [0.15, 0.2) is 12.3 Å². The number of nitrogens with zero attached hydrogens (tertiary/aromatic N) is 2. The number of likely N-dealkylation sites (tertiary alicyclic amines) is 1. The van der Waals surface area contributed by atoms with Crippen molar-refractivity contribution in [2.75, 3.05) is 31.5 Å². The van der Waals surface area contributed by atoms with E-state index in [-0.39, 0.29) is 0 Å². The third-order valence-corrected chi connectivity index (χ3v) is 3.90. The summed E-state index contributed by atoms with van der Waals surface area (Å²) < 4.78 is 0. The van der Waals surface area contributed by atoms with E-state index in [1.165, 1.54) is 25.9 Å². The molecule has 1 fully saturated rings. The molecule has 100 valence electrons. The van der Waals surface area contributed by atoms with Gasteiger partial charge in [-0.3, -0.25) is 0 Å². The molecular formula is C13H19Cl2N3. The molecule has 0 atom stereocenters. The number of rotatable bonds is 4. The van der Waals surface area contributed by atoms with Crippen LogP contribution in [0, 0.1) is 5.92 Å². The van der Waals surface area contributed by atoms with E-state index in [0.717, 1.165) is 19.0 Å². The number of halogens is 2. The number of anilines is 1. The zero-order chi connectivity index (χ0) is 13.0. The highest BCUT2D eigenvalue weighted by Crippen LogP contribution is 2.22. The van der Waals surface area contributed by atoms with Gasteiger partial charge in [0.15, 0.2) is 0 Å². The lowest BCUT2D eigenvalue weighted by Crippen LogP contribution is -2.36. The molecule has 1 N–H and O–H groups in total. The lowest BCUT2D eigenvalue weighted by molar-refractivity contribution is 0.199. The average Bonchev–Trinajstić information content (AvgIpc) is 2.34. The van der Waals surface area contributed by atoms with Crippen molar-refractivity contribution in [2.45, 2.75) is 19.8 Å². The van der Waals surface area contributed by atoms with Crippen LogP contribution in [0.3, 0.4) is 0 Å². The van der Waals surface area contributed by atoms with Crippen LogP contribution in [0.5, 0.6) is 0 Å². The van der Waals surface area contributed by atoms with Gasteiger partial charge in [0.2, 0.25) is 0 Å². The molecule has 0 amide bonds. The standard InChI is InChI=1S/C13H19Cl2N3/c1-10-2-5-18(6-3-10)7-4-16-13-12(15)8-11(14)9-17-13/h8-10H,2-7H2,1H3,(H,16,17). The Morgan fingerprint density at radius 3 is 2.78 bits per heavy atom. The minimum atomic E-state index is 0.565. The van der Waals surface area contributed by atoms with Gasteiger partial charge in [0.05, 0.1) is 10.0 Å². The maximum atomic E-state index is 6.05. The average molecular weight is 288 g/mol. The number of hydrogen-bond donors (Lipinski definition) is 1. The van der Waals surface area contributed by atoms with Gasteiger partial charge in [0.1, 0.15) is 5.82 Å². The van der Waals surface area contributed by atoms with E-state index >= 15 is 0 Å². The largest absolute Gasteiger partial charge is 0.368 e. The van der Waals surface area contributed by atoms with Crippen molar-refractivity contribution >= 4 is 29.0 Å². The van der Waals surface area contributed by atoms with Crippen molar-refractivity contribution in [2.24, 2.45) is 5.92 Å². The van der Waals surface area contributed by atoms with Gasteiger partial charge in [-0.2, -0.15) is 0 Å². The first kappa shape index (κ1) is 13.9. The van der Waals surface area contributed by atoms with Gasteiger partial charge in [-0.1, -0.05) is 30.1 Å². The predicted molar refractivity (Wildman–Crippen MR) is 77.6 cm³/mol. The van der Waals surface area contributed by atoms with Gasteiger partial charge >= 0.3 is 0 Å². The number of piperidine rings is 1. The van der Waals surface area contributed by atoms with Crippen LogP contribution >= 0.6 is 23.2 Å². The summed E-state index contributed by atoms with van der Waals surface area (Å²) in [5.74, 6) is 1.59. The smallest absolute Gasteiger partial charge is 0.144 e. The second-order valence-electron chi connectivity index (χ2n) is 4.93. The quantitative estimate of drug-likeness (QED) is 0.918. The van der Waals surface area contributed by atoms with E-state index in [0.29, 0.717) is 15.9 Å². The lowest BCUT2D eigenvalue weighted by Gasteiger charge is -2.30. The molecule has 18 heavy (non-hydrogen) atoms. The third-order valence-electron chi connectivity index (χ3n) is 3.40. The van der Waals surface area contributed by atoms with E-state index < -0.39 is 0 Å². The summed E-state index contributed by atoms with van der Waals surface area (Å²) >= 11 is 11.9. The molecule has 0 aliphatic carbocycles. The Bertz CT molecular complexity index is 390. The Morgan fingerprint density at radius 1 is 1.39 bits per heavy atom. The lowest BCUT2D eigenvalue weighted by atomic mass is 9.99. The van der Waals surface area contributed by atoms with Crippen molar-refractivity contribution in [3.8, 4) is 0 Å². The Kier molecular flexibility index (Phi) is 5.10. The molecule has 0 spiro atoms. The zero-order valence-corrected chi connectivity index (χ0v) is 12.1. The molecule has 0 saturated carbocycles. The van der Waals surface area contributed by atoms with Gasteiger partial charge in [-0.05, 0) is 37.9 Å². The topological polar surface area (TPSA) is 28.2 Å². The second kappa shape index (κ2) is 6.60. The molecule has 5 heteroatoms. The predicted octanol–water partition coefficient (Wildman–Crippen LogP) is 3.53. The van der Waals surface area contributed by atoms with E-state index in [1.807, 2.05) is 0 Å². The van der Waals surface area contributed by atoms with Gasteiger partial charge in [-0.25, -0.2) is 4.98 Å². The highest BCUT2D eigenvalue weighted by Gasteiger charge is 2.14. The molecule has 1 aliphatic heterocycles. The van der Waals surface area contributed by atoms with Gasteiger partial charge in [0, 0.05) is 19.3 Å². The second-order valence-corrected chi connectivity index (χ2v) is 5.78. The number of hydrogen-bond acceptors (Lipinski definition) is 3. The van der Waals surface area contributed by atoms with E-state index in [4.69, 9.17) is 23.2 Å². The van der Waals surface area contributed by atoms with E-state index in [2.05, 4.69) is 22.1 Å².